The molecule has 0 saturated carbocycles. The van der Waals surface area contributed by atoms with Gasteiger partial charge < -0.3 is 14.5 Å². The molecule has 2 fully saturated rings. The van der Waals surface area contributed by atoms with Gasteiger partial charge >= 0.3 is 0 Å². The number of rotatable bonds is 3. The predicted molar refractivity (Wildman–Crippen MR) is 92.0 cm³/mol. The first-order valence-electron chi connectivity index (χ1n) is 8.46. The van der Waals surface area contributed by atoms with Crippen LogP contribution in [-0.4, -0.2) is 54.5 Å². The Balaban J connectivity index is 1.54. The first-order chi connectivity index (χ1) is 11.1. The highest BCUT2D eigenvalue weighted by Crippen LogP contribution is 2.37. The lowest BCUT2D eigenvalue weighted by atomic mass is 9.88. The van der Waals surface area contributed by atoms with Crippen LogP contribution in [0.3, 0.4) is 0 Å². The van der Waals surface area contributed by atoms with E-state index in [1.54, 1.807) is 12.1 Å². The van der Waals surface area contributed by atoms with Crippen LogP contribution in [0.15, 0.2) is 24.3 Å². The number of carbonyl (C=O) groups is 1. The molecule has 1 aromatic rings. The molecule has 23 heavy (non-hydrogen) atoms. The summed E-state index contributed by atoms with van der Waals surface area (Å²) in [6.45, 7) is 2.95. The molecule has 0 aromatic heterocycles. The van der Waals surface area contributed by atoms with E-state index in [-0.39, 0.29) is 12.5 Å². The zero-order chi connectivity index (χ0) is 16.3. The third-order valence-electron chi connectivity index (χ3n) is 5.37. The summed E-state index contributed by atoms with van der Waals surface area (Å²) in [5.74, 6) is 0.718. The number of ether oxygens (including phenoxy) is 1. The number of hydrogen-bond acceptors (Lipinski definition) is 3. The quantitative estimate of drug-likeness (QED) is 0.849. The largest absolute Gasteiger partial charge is 0.484 e. The summed E-state index contributed by atoms with van der Waals surface area (Å²) in [7, 11) is 2.23. The SMILES string of the molecule is CN1CCC[C@@]12CCCN(C(=O)COc1cccc(Cl)c1)CC2. The minimum Gasteiger partial charge on any atom is -0.484 e. The Labute approximate surface area is 143 Å². The fourth-order valence-electron chi connectivity index (χ4n) is 3.93. The van der Waals surface area contributed by atoms with Gasteiger partial charge in [-0.1, -0.05) is 17.7 Å². The molecule has 2 aliphatic rings. The van der Waals surface area contributed by atoms with Crippen molar-refractivity contribution < 1.29 is 9.53 Å². The van der Waals surface area contributed by atoms with Gasteiger partial charge in [0, 0.05) is 23.7 Å². The molecule has 0 unspecified atom stereocenters. The highest BCUT2D eigenvalue weighted by molar-refractivity contribution is 6.30. The normalized spacial score (nSPS) is 25.6. The first kappa shape index (κ1) is 16.6. The van der Waals surface area contributed by atoms with Crippen molar-refractivity contribution in [2.75, 3.05) is 33.3 Å². The predicted octanol–water partition coefficient (Wildman–Crippen LogP) is 3.20. The third kappa shape index (κ3) is 3.81. The maximum Gasteiger partial charge on any atom is 0.260 e. The fraction of sp³-hybridized carbons (Fsp3) is 0.611. The maximum atomic E-state index is 12.4. The van der Waals surface area contributed by atoms with Gasteiger partial charge in [0.25, 0.3) is 5.91 Å². The monoisotopic (exact) mass is 336 g/mol. The second-order valence-corrected chi connectivity index (χ2v) is 7.17. The molecule has 2 saturated heterocycles. The Morgan fingerprint density at radius 1 is 1.22 bits per heavy atom. The first-order valence-corrected chi connectivity index (χ1v) is 8.84. The molecule has 126 valence electrons. The summed E-state index contributed by atoms with van der Waals surface area (Å²) in [5, 5.41) is 0.621. The fourth-order valence-corrected chi connectivity index (χ4v) is 4.11. The number of likely N-dealkylation sites (tertiary alicyclic amines) is 2. The number of amides is 1. The number of benzene rings is 1. The van der Waals surface area contributed by atoms with Crippen molar-refractivity contribution in [1.82, 2.24) is 9.80 Å². The van der Waals surface area contributed by atoms with Gasteiger partial charge in [0.15, 0.2) is 6.61 Å². The summed E-state index contributed by atoms with van der Waals surface area (Å²) in [6, 6.07) is 7.18. The second-order valence-electron chi connectivity index (χ2n) is 6.73. The minimum atomic E-state index is 0.0719. The summed E-state index contributed by atoms with van der Waals surface area (Å²) >= 11 is 5.93. The highest BCUT2D eigenvalue weighted by Gasteiger charge is 2.40. The number of hydrogen-bond donors (Lipinski definition) is 0. The van der Waals surface area contributed by atoms with Crippen molar-refractivity contribution in [3.05, 3.63) is 29.3 Å². The van der Waals surface area contributed by atoms with Crippen LogP contribution >= 0.6 is 11.6 Å². The molecule has 0 N–H and O–H groups in total. The van der Waals surface area contributed by atoms with Crippen LogP contribution in [0.1, 0.15) is 32.1 Å². The van der Waals surface area contributed by atoms with Gasteiger partial charge in [-0.05, 0) is 63.9 Å². The molecule has 1 atom stereocenters. The van der Waals surface area contributed by atoms with Gasteiger partial charge in [0.2, 0.25) is 0 Å². The molecule has 1 aromatic carbocycles. The molecule has 1 amide bonds. The molecule has 0 bridgehead atoms. The molecule has 0 aliphatic carbocycles. The van der Waals surface area contributed by atoms with Gasteiger partial charge in [-0.3, -0.25) is 4.79 Å². The van der Waals surface area contributed by atoms with E-state index in [0.717, 1.165) is 25.9 Å². The summed E-state index contributed by atoms with van der Waals surface area (Å²) in [6.07, 6.45) is 5.90. The lowest BCUT2D eigenvalue weighted by Crippen LogP contribution is -2.42. The molecule has 5 heteroatoms. The summed E-state index contributed by atoms with van der Waals surface area (Å²) < 4.78 is 5.59. The van der Waals surface area contributed by atoms with Gasteiger partial charge in [-0.15, -0.1) is 0 Å². The van der Waals surface area contributed by atoms with Crippen molar-refractivity contribution in [3.8, 4) is 5.75 Å². The molecule has 4 nitrogen and oxygen atoms in total. The lowest BCUT2D eigenvalue weighted by Gasteiger charge is -2.35. The molecule has 0 radical (unpaired) electrons. The zero-order valence-electron chi connectivity index (χ0n) is 13.8. The van der Waals surface area contributed by atoms with E-state index in [4.69, 9.17) is 16.3 Å². The highest BCUT2D eigenvalue weighted by atomic mass is 35.5. The van der Waals surface area contributed by atoms with Crippen LogP contribution in [0.4, 0.5) is 0 Å². The lowest BCUT2D eigenvalue weighted by molar-refractivity contribution is -0.133. The van der Waals surface area contributed by atoms with Crippen LogP contribution in [0.5, 0.6) is 5.75 Å². The van der Waals surface area contributed by atoms with E-state index < -0.39 is 0 Å². The van der Waals surface area contributed by atoms with Crippen LogP contribution < -0.4 is 4.74 Å². The topological polar surface area (TPSA) is 32.8 Å². The Hall–Kier alpha value is -1.26. The van der Waals surface area contributed by atoms with E-state index in [2.05, 4.69) is 11.9 Å². The van der Waals surface area contributed by atoms with Crippen molar-refractivity contribution in [1.29, 1.82) is 0 Å². The Morgan fingerprint density at radius 3 is 2.70 bits per heavy atom. The summed E-state index contributed by atoms with van der Waals surface area (Å²) in [4.78, 5) is 16.9. The molecule has 2 heterocycles. The van der Waals surface area contributed by atoms with E-state index in [0.29, 0.717) is 16.3 Å². The number of halogens is 1. The van der Waals surface area contributed by atoms with Gasteiger partial charge in [-0.2, -0.15) is 0 Å². The average Bonchev–Trinajstić information content (AvgIpc) is 2.76. The van der Waals surface area contributed by atoms with Crippen molar-refractivity contribution >= 4 is 17.5 Å². The van der Waals surface area contributed by atoms with E-state index in [1.165, 1.54) is 25.8 Å². The maximum absolute atomic E-state index is 12.4. The minimum absolute atomic E-state index is 0.0719. The van der Waals surface area contributed by atoms with Gasteiger partial charge in [0.05, 0.1) is 0 Å². The van der Waals surface area contributed by atoms with Gasteiger partial charge in [0.1, 0.15) is 5.75 Å². The second kappa shape index (κ2) is 7.10. The smallest absolute Gasteiger partial charge is 0.260 e. The van der Waals surface area contributed by atoms with E-state index in [9.17, 15) is 4.79 Å². The Kier molecular flexibility index (Phi) is 5.12. The van der Waals surface area contributed by atoms with E-state index in [1.807, 2.05) is 17.0 Å². The summed E-state index contributed by atoms with van der Waals surface area (Å²) in [5.41, 5.74) is 0.322. The van der Waals surface area contributed by atoms with Gasteiger partial charge in [-0.25, -0.2) is 0 Å². The standard InChI is InChI=1S/C18H25ClN2O2/c1-20-10-3-7-18(20)8-4-11-21(12-9-18)17(22)14-23-16-6-2-5-15(19)13-16/h2,5-6,13H,3-4,7-12,14H2,1H3/t18-/m0/s1. The van der Waals surface area contributed by atoms with Crippen molar-refractivity contribution in [3.63, 3.8) is 0 Å². The van der Waals surface area contributed by atoms with Crippen LogP contribution in [0.2, 0.25) is 5.02 Å². The molecule has 3 rings (SSSR count). The zero-order valence-corrected chi connectivity index (χ0v) is 14.5. The molecule has 2 aliphatic heterocycles. The average molecular weight is 337 g/mol. The van der Waals surface area contributed by atoms with Crippen LogP contribution in [-0.2, 0) is 4.79 Å². The molecular formula is C18H25ClN2O2. The third-order valence-corrected chi connectivity index (χ3v) is 5.61. The Bertz CT molecular complexity index is 566. The van der Waals surface area contributed by atoms with Crippen LogP contribution in [0, 0.1) is 0 Å². The van der Waals surface area contributed by atoms with Crippen molar-refractivity contribution in [2.24, 2.45) is 0 Å². The number of nitrogens with zero attached hydrogens (tertiary/aromatic N) is 2. The van der Waals surface area contributed by atoms with Crippen LogP contribution in [0.25, 0.3) is 0 Å². The van der Waals surface area contributed by atoms with Crippen molar-refractivity contribution in [2.45, 2.75) is 37.6 Å². The molecular weight excluding hydrogens is 312 g/mol. The number of carbonyl (C=O) groups excluding carboxylic acids is 1. The van der Waals surface area contributed by atoms with E-state index >= 15 is 0 Å². The Morgan fingerprint density at radius 2 is 2.00 bits per heavy atom. The molecule has 1 spiro atoms.